The third-order valence-corrected chi connectivity index (χ3v) is 4.15. The third-order valence-electron chi connectivity index (χ3n) is 4.15. The van der Waals surface area contributed by atoms with Crippen LogP contribution in [0.2, 0.25) is 0 Å². The molecule has 0 N–H and O–H groups in total. The van der Waals surface area contributed by atoms with Crippen LogP contribution in [-0.2, 0) is 0 Å². The monoisotopic (exact) mass is 263 g/mol. The van der Waals surface area contributed by atoms with E-state index in [1.807, 2.05) is 0 Å². The molecule has 100 valence electrons. The maximum Gasteiger partial charge on any atom is 0.213 e. The predicted molar refractivity (Wildman–Crippen MR) is 82.8 cm³/mol. The van der Waals surface area contributed by atoms with Gasteiger partial charge in [-0.25, -0.2) is 0 Å². The van der Waals surface area contributed by atoms with Gasteiger partial charge in [-0.3, -0.25) is 4.99 Å². The van der Waals surface area contributed by atoms with E-state index in [-0.39, 0.29) is 0 Å². The molecule has 0 bridgehead atoms. The second-order valence-electron chi connectivity index (χ2n) is 5.23. The minimum Gasteiger partial charge on any atom is -0.273 e. The summed E-state index contributed by atoms with van der Waals surface area (Å²) in [7, 11) is 0. The first-order chi connectivity index (χ1) is 9.83. The SMILES string of the molecule is C=N/C=C/CC1c2ccccc2-c2cccc[n+]2C1C. The number of aliphatic imine (C=N–C) groups is 1. The Morgan fingerprint density at radius 3 is 2.85 bits per heavy atom. The number of aromatic nitrogens is 1. The van der Waals surface area contributed by atoms with Gasteiger partial charge < -0.3 is 0 Å². The molecule has 0 amide bonds. The number of allylic oxidation sites excluding steroid dienone is 1. The van der Waals surface area contributed by atoms with E-state index in [1.165, 1.54) is 16.8 Å². The van der Waals surface area contributed by atoms with Crippen LogP contribution in [0.1, 0.15) is 30.9 Å². The van der Waals surface area contributed by atoms with Gasteiger partial charge in [0.2, 0.25) is 5.69 Å². The number of benzene rings is 1. The summed E-state index contributed by atoms with van der Waals surface area (Å²) in [4.78, 5) is 3.81. The van der Waals surface area contributed by atoms with Gasteiger partial charge in [-0.05, 0) is 37.8 Å². The zero-order valence-electron chi connectivity index (χ0n) is 11.7. The van der Waals surface area contributed by atoms with Crippen LogP contribution in [0.5, 0.6) is 0 Å². The van der Waals surface area contributed by atoms with E-state index in [9.17, 15) is 0 Å². The molecular weight excluding hydrogens is 244 g/mol. The number of fused-ring (bicyclic) bond motifs is 3. The number of rotatable bonds is 3. The highest BCUT2D eigenvalue weighted by molar-refractivity contribution is 5.63. The van der Waals surface area contributed by atoms with Gasteiger partial charge >= 0.3 is 0 Å². The lowest BCUT2D eigenvalue weighted by molar-refractivity contribution is -0.714. The molecule has 0 fully saturated rings. The fourth-order valence-corrected chi connectivity index (χ4v) is 3.15. The largest absolute Gasteiger partial charge is 0.273 e. The summed E-state index contributed by atoms with van der Waals surface area (Å²) in [5.41, 5.74) is 4.08. The maximum absolute atomic E-state index is 3.81. The molecular formula is C18H19N2+. The minimum absolute atomic E-state index is 0.440. The summed E-state index contributed by atoms with van der Waals surface area (Å²) in [6.45, 7) is 5.79. The predicted octanol–water partition coefficient (Wildman–Crippen LogP) is 3.90. The van der Waals surface area contributed by atoms with Crippen LogP contribution >= 0.6 is 0 Å². The van der Waals surface area contributed by atoms with E-state index in [2.05, 4.69) is 77.9 Å². The quantitative estimate of drug-likeness (QED) is 0.590. The van der Waals surface area contributed by atoms with Crippen LogP contribution in [0.25, 0.3) is 11.3 Å². The lowest BCUT2D eigenvalue weighted by Gasteiger charge is -2.27. The van der Waals surface area contributed by atoms with Gasteiger partial charge in [0, 0.05) is 23.9 Å². The third kappa shape index (κ3) is 2.07. The lowest BCUT2D eigenvalue weighted by atomic mass is 9.82. The van der Waals surface area contributed by atoms with Crippen molar-refractivity contribution >= 4 is 6.72 Å². The second kappa shape index (κ2) is 5.41. The zero-order valence-corrected chi connectivity index (χ0v) is 11.7. The minimum atomic E-state index is 0.440. The van der Waals surface area contributed by atoms with Crippen LogP contribution in [0, 0.1) is 0 Å². The molecule has 2 heteroatoms. The molecule has 2 nitrogen and oxygen atoms in total. The molecule has 0 aliphatic carbocycles. The highest BCUT2D eigenvalue weighted by atomic mass is 15.0. The highest BCUT2D eigenvalue weighted by Gasteiger charge is 2.35. The van der Waals surface area contributed by atoms with E-state index >= 15 is 0 Å². The molecule has 20 heavy (non-hydrogen) atoms. The van der Waals surface area contributed by atoms with E-state index in [0.717, 1.165) is 6.42 Å². The van der Waals surface area contributed by atoms with Crippen LogP contribution in [-0.4, -0.2) is 6.72 Å². The highest BCUT2D eigenvalue weighted by Crippen LogP contribution is 2.39. The summed E-state index contributed by atoms with van der Waals surface area (Å²) in [5.74, 6) is 0.476. The Bertz CT molecular complexity index is 658. The molecule has 1 aliphatic rings. The average molecular weight is 263 g/mol. The Labute approximate surface area is 120 Å². The smallest absolute Gasteiger partial charge is 0.213 e. The van der Waals surface area contributed by atoms with Crippen molar-refractivity contribution in [2.24, 2.45) is 4.99 Å². The molecule has 2 unspecified atom stereocenters. The van der Waals surface area contributed by atoms with Crippen molar-refractivity contribution in [3.8, 4) is 11.3 Å². The van der Waals surface area contributed by atoms with Crippen molar-refractivity contribution in [3.05, 3.63) is 66.5 Å². The van der Waals surface area contributed by atoms with Crippen molar-refractivity contribution in [1.82, 2.24) is 0 Å². The lowest BCUT2D eigenvalue weighted by Crippen LogP contribution is -2.45. The van der Waals surface area contributed by atoms with Gasteiger partial charge in [-0.15, -0.1) is 0 Å². The van der Waals surface area contributed by atoms with Crippen LogP contribution in [0.15, 0.2) is 65.9 Å². The summed E-state index contributed by atoms with van der Waals surface area (Å²) in [6, 6.07) is 15.6. The first-order valence-corrected chi connectivity index (χ1v) is 7.03. The van der Waals surface area contributed by atoms with Crippen LogP contribution < -0.4 is 4.57 Å². The van der Waals surface area contributed by atoms with Crippen LogP contribution in [0.3, 0.4) is 0 Å². The number of pyridine rings is 1. The van der Waals surface area contributed by atoms with Gasteiger partial charge in [-0.1, -0.05) is 24.3 Å². The molecule has 0 saturated heterocycles. The van der Waals surface area contributed by atoms with Crippen molar-refractivity contribution in [1.29, 1.82) is 0 Å². The Morgan fingerprint density at radius 1 is 1.20 bits per heavy atom. The summed E-state index contributed by atoms with van der Waals surface area (Å²) >= 11 is 0. The van der Waals surface area contributed by atoms with Crippen molar-refractivity contribution < 1.29 is 4.57 Å². The standard InChI is InChI=1S/C18H19N2/c1-14-15(10-7-12-19-2)16-8-3-4-9-17(16)18-11-5-6-13-20(14)18/h3-9,11-15H,2,10H2,1H3/q+1/b12-7+. The van der Waals surface area contributed by atoms with Gasteiger partial charge in [0.15, 0.2) is 12.2 Å². The van der Waals surface area contributed by atoms with E-state index in [4.69, 9.17) is 0 Å². The summed E-state index contributed by atoms with van der Waals surface area (Å²) < 4.78 is 2.38. The molecule has 0 saturated carbocycles. The molecule has 2 atom stereocenters. The Balaban J connectivity index is 2.11. The molecule has 2 heterocycles. The first-order valence-electron chi connectivity index (χ1n) is 7.03. The number of hydrogen-bond donors (Lipinski definition) is 0. The zero-order chi connectivity index (χ0) is 13.9. The van der Waals surface area contributed by atoms with Gasteiger partial charge in [-0.2, -0.15) is 4.57 Å². The van der Waals surface area contributed by atoms with Crippen molar-refractivity contribution in [2.75, 3.05) is 0 Å². The van der Waals surface area contributed by atoms with Gasteiger partial charge in [0.05, 0.1) is 5.92 Å². The van der Waals surface area contributed by atoms with E-state index in [0.29, 0.717) is 12.0 Å². The van der Waals surface area contributed by atoms with Gasteiger partial charge in [0.1, 0.15) is 0 Å². The topological polar surface area (TPSA) is 16.2 Å². The van der Waals surface area contributed by atoms with Crippen molar-refractivity contribution in [2.45, 2.75) is 25.3 Å². The fourth-order valence-electron chi connectivity index (χ4n) is 3.15. The molecule has 0 spiro atoms. The first kappa shape index (κ1) is 12.8. The Morgan fingerprint density at radius 2 is 2.00 bits per heavy atom. The van der Waals surface area contributed by atoms with E-state index < -0.39 is 0 Å². The van der Waals surface area contributed by atoms with E-state index in [1.54, 1.807) is 6.20 Å². The van der Waals surface area contributed by atoms with Gasteiger partial charge in [0.25, 0.3) is 0 Å². The maximum atomic E-state index is 3.81. The summed E-state index contributed by atoms with van der Waals surface area (Å²) in [6.07, 6.45) is 7.07. The number of hydrogen-bond acceptors (Lipinski definition) is 1. The molecule has 1 aromatic carbocycles. The summed E-state index contributed by atoms with van der Waals surface area (Å²) in [5, 5.41) is 0. The molecule has 1 aromatic heterocycles. The molecule has 3 rings (SSSR count). The molecule has 2 aromatic rings. The second-order valence-corrected chi connectivity index (χ2v) is 5.23. The average Bonchev–Trinajstić information content (AvgIpc) is 2.51. The van der Waals surface area contributed by atoms with Crippen LogP contribution in [0.4, 0.5) is 0 Å². The normalized spacial score (nSPS) is 20.4. The Kier molecular flexibility index (Phi) is 3.46. The Hall–Kier alpha value is -2.22. The number of nitrogens with zero attached hydrogens (tertiary/aromatic N) is 2. The molecule has 1 aliphatic heterocycles. The van der Waals surface area contributed by atoms with Crippen molar-refractivity contribution in [3.63, 3.8) is 0 Å². The fraction of sp³-hybridized carbons (Fsp3) is 0.222. The molecule has 0 radical (unpaired) electrons.